The van der Waals surface area contributed by atoms with Gasteiger partial charge >= 0.3 is 19.5 Å². The summed E-state index contributed by atoms with van der Waals surface area (Å²) in [5, 5.41) is 25.1. The van der Waals surface area contributed by atoms with Gasteiger partial charge in [-0.3, -0.25) is 29.3 Å². The molecule has 0 aromatic heterocycles. The molecule has 2 aromatic rings. The maximum atomic E-state index is 12.9. The van der Waals surface area contributed by atoms with Crippen molar-refractivity contribution in [3.8, 4) is 11.5 Å². The Morgan fingerprint density at radius 3 is 2.22 bits per heavy atom. The summed E-state index contributed by atoms with van der Waals surface area (Å²) < 4.78 is 65.6. The second-order valence-electron chi connectivity index (χ2n) is 6.32. The summed E-state index contributed by atoms with van der Waals surface area (Å²) >= 11 is 0. The van der Waals surface area contributed by atoms with Crippen molar-refractivity contribution in [1.82, 2.24) is 0 Å². The minimum absolute atomic E-state index is 0.153. The van der Waals surface area contributed by atoms with Crippen LogP contribution in [0.4, 0.5) is 30.2 Å². The molecule has 0 aliphatic rings. The van der Waals surface area contributed by atoms with Crippen LogP contribution in [0.3, 0.4) is 0 Å². The minimum Gasteiger partial charge on any atom is -0.450 e. The zero-order valence-electron chi connectivity index (χ0n) is 16.8. The average molecular weight is 479 g/mol. The molecule has 11 nitrogen and oxygen atoms in total. The number of hydrogen-bond acceptors (Lipinski definition) is 9. The molecule has 0 aliphatic carbocycles. The molecule has 2 rings (SSSR count). The van der Waals surface area contributed by atoms with Gasteiger partial charge in [0.2, 0.25) is 5.75 Å². The number of nitrogens with zero attached hydrogens (tertiary/aromatic N) is 2. The summed E-state index contributed by atoms with van der Waals surface area (Å²) in [6, 6.07) is 4.91. The summed E-state index contributed by atoms with van der Waals surface area (Å²) in [5.41, 5.74) is -2.78. The summed E-state index contributed by atoms with van der Waals surface area (Å²) in [4.78, 5) is 20.7. The van der Waals surface area contributed by atoms with Gasteiger partial charge < -0.3 is 14.6 Å². The van der Waals surface area contributed by atoms with E-state index in [0.717, 1.165) is 31.4 Å². The molecule has 2 aromatic carbocycles. The Morgan fingerprint density at radius 2 is 1.69 bits per heavy atom. The SMILES string of the molecule is COP(C)(=O)OC(C)Nc1cc(Oc2ccc(C(F)(F)F)cc2[N+](=O)[O-])ccc1[N+](=O)[O-]. The van der Waals surface area contributed by atoms with Gasteiger partial charge in [-0.2, -0.15) is 13.2 Å². The largest absolute Gasteiger partial charge is 0.450 e. The number of halogens is 3. The van der Waals surface area contributed by atoms with Crippen molar-refractivity contribution >= 4 is 24.7 Å². The van der Waals surface area contributed by atoms with Gasteiger partial charge in [-0.15, -0.1) is 0 Å². The smallest absolute Gasteiger partial charge is 0.416 e. The van der Waals surface area contributed by atoms with Crippen molar-refractivity contribution in [2.75, 3.05) is 19.1 Å². The molecule has 1 N–H and O–H groups in total. The second-order valence-corrected chi connectivity index (χ2v) is 8.44. The molecule has 0 bridgehead atoms. The van der Waals surface area contributed by atoms with Gasteiger partial charge in [0.25, 0.3) is 5.69 Å². The Labute approximate surface area is 178 Å². The Balaban J connectivity index is 2.39. The normalized spacial score (nSPS) is 14.3. The number of nitrogens with one attached hydrogen (secondary N) is 1. The lowest BCUT2D eigenvalue weighted by Crippen LogP contribution is -2.18. The molecular formula is C17H17F3N3O8P. The third kappa shape index (κ3) is 6.39. The van der Waals surface area contributed by atoms with Crippen LogP contribution in [0.15, 0.2) is 36.4 Å². The minimum atomic E-state index is -4.80. The molecule has 0 heterocycles. The first kappa shape index (κ1) is 25.0. The average Bonchev–Trinajstić information content (AvgIpc) is 2.66. The van der Waals surface area contributed by atoms with Crippen LogP contribution < -0.4 is 10.1 Å². The van der Waals surface area contributed by atoms with Crippen molar-refractivity contribution in [2.24, 2.45) is 0 Å². The molecule has 0 fully saturated rings. The van der Waals surface area contributed by atoms with E-state index >= 15 is 0 Å². The monoisotopic (exact) mass is 479 g/mol. The summed E-state index contributed by atoms with van der Waals surface area (Å²) in [7, 11) is -2.28. The van der Waals surface area contributed by atoms with Crippen molar-refractivity contribution in [2.45, 2.75) is 19.3 Å². The zero-order valence-corrected chi connectivity index (χ0v) is 17.7. The van der Waals surface area contributed by atoms with Crippen molar-refractivity contribution in [3.05, 3.63) is 62.2 Å². The van der Waals surface area contributed by atoms with E-state index in [9.17, 15) is 38.0 Å². The van der Waals surface area contributed by atoms with Crippen LogP contribution in [-0.2, 0) is 19.8 Å². The maximum absolute atomic E-state index is 12.9. The molecule has 0 saturated carbocycles. The van der Waals surface area contributed by atoms with Crippen LogP contribution in [0, 0.1) is 20.2 Å². The van der Waals surface area contributed by atoms with E-state index in [1.165, 1.54) is 13.6 Å². The molecule has 0 amide bonds. The number of benzene rings is 2. The summed E-state index contributed by atoms with van der Waals surface area (Å²) in [6.07, 6.45) is -5.83. The Bertz CT molecular complexity index is 1080. The van der Waals surface area contributed by atoms with Gasteiger partial charge in [-0.1, -0.05) is 0 Å². The van der Waals surface area contributed by atoms with Crippen molar-refractivity contribution < 1.29 is 41.4 Å². The number of rotatable bonds is 9. The topological polar surface area (TPSA) is 143 Å². The summed E-state index contributed by atoms with van der Waals surface area (Å²) in [5.74, 6) is -0.663. The van der Waals surface area contributed by atoms with Crippen LogP contribution >= 0.6 is 7.60 Å². The molecule has 2 atom stereocenters. The first-order valence-electron chi connectivity index (χ1n) is 8.63. The molecule has 2 unspecified atom stereocenters. The van der Waals surface area contributed by atoms with E-state index in [1.54, 1.807) is 0 Å². The second kappa shape index (κ2) is 9.51. The lowest BCUT2D eigenvalue weighted by atomic mass is 10.2. The highest BCUT2D eigenvalue weighted by Gasteiger charge is 2.33. The number of nitro groups is 2. The number of ether oxygens (including phenoxy) is 1. The molecule has 0 aliphatic heterocycles. The first-order valence-corrected chi connectivity index (χ1v) is 10.6. The number of nitro benzene ring substituents is 2. The highest BCUT2D eigenvalue weighted by atomic mass is 31.2. The van der Waals surface area contributed by atoms with Crippen LogP contribution in [0.2, 0.25) is 0 Å². The van der Waals surface area contributed by atoms with E-state index in [4.69, 9.17) is 9.26 Å². The Kier molecular flexibility index (Phi) is 7.44. The third-order valence-corrected chi connectivity index (χ3v) is 5.28. The van der Waals surface area contributed by atoms with Crippen LogP contribution in [0.1, 0.15) is 12.5 Å². The van der Waals surface area contributed by atoms with Crippen molar-refractivity contribution in [3.63, 3.8) is 0 Å². The van der Waals surface area contributed by atoms with Gasteiger partial charge in [0.05, 0.1) is 15.4 Å². The van der Waals surface area contributed by atoms with Gasteiger partial charge in [0.1, 0.15) is 17.7 Å². The number of anilines is 1. The van der Waals surface area contributed by atoms with Crippen LogP contribution in [0.5, 0.6) is 11.5 Å². The molecule has 0 spiro atoms. The van der Waals surface area contributed by atoms with E-state index in [2.05, 4.69) is 9.84 Å². The highest BCUT2D eigenvalue weighted by Crippen LogP contribution is 2.44. The van der Waals surface area contributed by atoms with Gasteiger partial charge in [0, 0.05) is 32.0 Å². The lowest BCUT2D eigenvalue weighted by molar-refractivity contribution is -0.385. The van der Waals surface area contributed by atoms with Crippen molar-refractivity contribution in [1.29, 1.82) is 0 Å². The van der Waals surface area contributed by atoms with Gasteiger partial charge in [-0.25, -0.2) is 0 Å². The standard InChI is InChI=1S/C17H17F3N3O8P/c1-10(31-32(3,28)29-2)21-13-9-12(5-6-14(13)22(24)25)30-16-7-4-11(17(18,19)20)8-15(16)23(26)27/h4-10,21H,1-3H3. The lowest BCUT2D eigenvalue weighted by Gasteiger charge is -2.20. The maximum Gasteiger partial charge on any atom is 0.416 e. The van der Waals surface area contributed by atoms with E-state index in [1.807, 2.05) is 0 Å². The van der Waals surface area contributed by atoms with E-state index in [0.29, 0.717) is 12.1 Å². The third-order valence-electron chi connectivity index (χ3n) is 3.92. The number of alkyl halides is 3. The van der Waals surface area contributed by atoms with Gasteiger partial charge in [0.15, 0.2) is 0 Å². The zero-order chi connectivity index (χ0) is 24.3. The quantitative estimate of drug-likeness (QED) is 0.212. The molecule has 32 heavy (non-hydrogen) atoms. The Hall–Kier alpha value is -3.22. The van der Waals surface area contributed by atoms with Gasteiger partial charge in [-0.05, 0) is 25.1 Å². The fraction of sp³-hybridized carbons (Fsp3) is 0.294. The molecule has 15 heteroatoms. The molecular weight excluding hydrogens is 462 g/mol. The highest BCUT2D eigenvalue weighted by molar-refractivity contribution is 7.52. The van der Waals surface area contributed by atoms with Crippen LogP contribution in [-0.4, -0.2) is 29.8 Å². The molecule has 0 saturated heterocycles. The molecule has 0 radical (unpaired) electrons. The van der Waals surface area contributed by atoms with E-state index in [-0.39, 0.29) is 11.4 Å². The predicted molar refractivity (Wildman–Crippen MR) is 106 cm³/mol. The molecule has 174 valence electrons. The fourth-order valence-corrected chi connectivity index (χ4v) is 3.19. The van der Waals surface area contributed by atoms with Crippen LogP contribution in [0.25, 0.3) is 0 Å². The fourth-order valence-electron chi connectivity index (χ4n) is 2.48. The number of hydrogen-bond donors (Lipinski definition) is 1. The van der Waals surface area contributed by atoms with E-state index < -0.39 is 52.5 Å². The predicted octanol–water partition coefficient (Wildman–Crippen LogP) is 5.56. The first-order chi connectivity index (χ1) is 14.7. The Morgan fingerprint density at radius 1 is 1.06 bits per heavy atom. The summed E-state index contributed by atoms with van der Waals surface area (Å²) in [6.45, 7) is 2.58.